The molecule has 0 spiro atoms. The van der Waals surface area contributed by atoms with Gasteiger partial charge in [-0.2, -0.15) is 0 Å². The van der Waals surface area contributed by atoms with E-state index in [0.717, 1.165) is 0 Å². The lowest BCUT2D eigenvalue weighted by Crippen LogP contribution is -2.60. The SMILES string of the molecule is N[C@H]1CO[C@H]([C@H](O)COP(=O)(O)O)[C@@H](O)[C@@H]1O. The fraction of sp³-hybridized carbons (Fsp3) is 1.00. The standard InChI is InChI=1S/C7H16NO8P/c8-3-1-15-7(6(11)5(3)10)4(9)2-16-17(12,13)14/h3-7,9-11H,1-2,8H2,(H2,12,13,14)/t3-,4+,5+,6-,7+/m0/s1. The molecule has 1 saturated heterocycles. The molecule has 7 N–H and O–H groups in total. The Morgan fingerprint density at radius 2 is 2.00 bits per heavy atom. The van der Waals surface area contributed by atoms with Crippen molar-refractivity contribution in [1.29, 1.82) is 0 Å². The van der Waals surface area contributed by atoms with Gasteiger partial charge in [-0.3, -0.25) is 4.52 Å². The number of aliphatic hydroxyl groups excluding tert-OH is 3. The van der Waals surface area contributed by atoms with Crippen LogP contribution < -0.4 is 5.73 Å². The molecule has 0 aliphatic carbocycles. The molecule has 1 heterocycles. The van der Waals surface area contributed by atoms with Gasteiger partial charge in [-0.1, -0.05) is 0 Å². The molecule has 1 aliphatic heterocycles. The van der Waals surface area contributed by atoms with Crippen molar-refractivity contribution in [1.82, 2.24) is 0 Å². The maximum atomic E-state index is 10.4. The lowest BCUT2D eigenvalue weighted by atomic mass is 9.95. The van der Waals surface area contributed by atoms with Gasteiger partial charge in [0.2, 0.25) is 0 Å². The van der Waals surface area contributed by atoms with Crippen molar-refractivity contribution in [2.24, 2.45) is 5.73 Å². The highest BCUT2D eigenvalue weighted by Gasteiger charge is 2.40. The van der Waals surface area contributed by atoms with Gasteiger partial charge < -0.3 is 35.6 Å². The number of hydrogen-bond acceptors (Lipinski definition) is 7. The van der Waals surface area contributed by atoms with E-state index in [1.165, 1.54) is 0 Å². The van der Waals surface area contributed by atoms with Gasteiger partial charge >= 0.3 is 7.82 Å². The van der Waals surface area contributed by atoms with Gasteiger partial charge in [0.25, 0.3) is 0 Å². The fourth-order valence-electron chi connectivity index (χ4n) is 1.47. The molecule has 0 amide bonds. The maximum absolute atomic E-state index is 10.4. The second-order valence-corrected chi connectivity index (χ2v) is 5.04. The molecule has 102 valence electrons. The lowest BCUT2D eigenvalue weighted by Gasteiger charge is -2.37. The minimum atomic E-state index is -4.70. The zero-order valence-corrected chi connectivity index (χ0v) is 9.68. The van der Waals surface area contributed by atoms with Crippen LogP contribution in [0.5, 0.6) is 0 Å². The van der Waals surface area contributed by atoms with E-state index >= 15 is 0 Å². The van der Waals surface area contributed by atoms with Crippen molar-refractivity contribution in [3.05, 3.63) is 0 Å². The molecule has 0 radical (unpaired) electrons. The van der Waals surface area contributed by atoms with E-state index < -0.39 is 44.9 Å². The summed E-state index contributed by atoms with van der Waals surface area (Å²) in [5, 5.41) is 28.5. The van der Waals surface area contributed by atoms with E-state index in [9.17, 15) is 19.9 Å². The second-order valence-electron chi connectivity index (χ2n) is 3.80. The van der Waals surface area contributed by atoms with Gasteiger partial charge in [0.1, 0.15) is 18.3 Å². The minimum absolute atomic E-state index is 0.0874. The van der Waals surface area contributed by atoms with Crippen LogP contribution in [-0.2, 0) is 13.8 Å². The summed E-state index contributed by atoms with van der Waals surface area (Å²) in [6.45, 7) is -0.816. The lowest BCUT2D eigenvalue weighted by molar-refractivity contribution is -0.182. The summed E-state index contributed by atoms with van der Waals surface area (Å²) in [5.41, 5.74) is 5.40. The molecule has 0 unspecified atom stereocenters. The van der Waals surface area contributed by atoms with Crippen LogP contribution in [0.4, 0.5) is 0 Å². The number of hydrogen-bond donors (Lipinski definition) is 6. The number of phosphoric ester groups is 1. The molecule has 0 bridgehead atoms. The molecule has 17 heavy (non-hydrogen) atoms. The van der Waals surface area contributed by atoms with Gasteiger partial charge in [0.05, 0.1) is 25.4 Å². The first-order valence-corrected chi connectivity index (χ1v) is 6.37. The molecular weight excluding hydrogens is 257 g/mol. The summed E-state index contributed by atoms with van der Waals surface area (Å²) in [5.74, 6) is 0. The van der Waals surface area contributed by atoms with Crippen molar-refractivity contribution in [2.45, 2.75) is 30.5 Å². The third-order valence-corrected chi connectivity index (χ3v) is 2.88. The molecule has 10 heteroatoms. The van der Waals surface area contributed by atoms with Crippen LogP contribution in [0.2, 0.25) is 0 Å². The van der Waals surface area contributed by atoms with Gasteiger partial charge in [0, 0.05) is 0 Å². The highest BCUT2D eigenvalue weighted by molar-refractivity contribution is 7.46. The summed E-state index contributed by atoms with van der Waals surface area (Å²) >= 11 is 0. The first-order valence-electron chi connectivity index (χ1n) is 4.84. The third-order valence-electron chi connectivity index (χ3n) is 2.40. The predicted molar refractivity (Wildman–Crippen MR) is 53.7 cm³/mol. The Labute approximate surface area is 97.0 Å². The molecule has 0 aromatic carbocycles. The van der Waals surface area contributed by atoms with Crippen molar-refractivity contribution >= 4 is 7.82 Å². The van der Waals surface area contributed by atoms with Crippen molar-refractivity contribution in [3.8, 4) is 0 Å². The monoisotopic (exact) mass is 273 g/mol. The maximum Gasteiger partial charge on any atom is 0.469 e. The predicted octanol–water partition coefficient (Wildman–Crippen LogP) is -3.10. The van der Waals surface area contributed by atoms with Crippen LogP contribution in [-0.4, -0.2) is 68.8 Å². The topological polar surface area (TPSA) is 163 Å². The summed E-state index contributed by atoms with van der Waals surface area (Å²) in [7, 11) is -4.70. The zero-order valence-electron chi connectivity index (χ0n) is 8.79. The molecule has 1 rings (SSSR count). The zero-order chi connectivity index (χ0) is 13.2. The Bertz CT molecular complexity index is 296. The Hall–Kier alpha value is -0.0900. The summed E-state index contributed by atoms with van der Waals surface area (Å²) in [6, 6.07) is -0.781. The van der Waals surface area contributed by atoms with E-state index in [-0.39, 0.29) is 6.61 Å². The van der Waals surface area contributed by atoms with E-state index in [1.807, 2.05) is 0 Å². The number of aliphatic hydroxyl groups is 3. The van der Waals surface area contributed by atoms with Crippen LogP contribution in [0, 0.1) is 0 Å². The first kappa shape index (κ1) is 15.0. The third kappa shape index (κ3) is 4.25. The number of nitrogens with two attached hydrogens (primary N) is 1. The van der Waals surface area contributed by atoms with E-state index in [4.69, 9.17) is 20.3 Å². The molecule has 5 atom stereocenters. The van der Waals surface area contributed by atoms with E-state index in [0.29, 0.717) is 0 Å². The van der Waals surface area contributed by atoms with Crippen molar-refractivity contribution in [2.75, 3.05) is 13.2 Å². The fourth-order valence-corrected chi connectivity index (χ4v) is 1.82. The average molecular weight is 273 g/mol. The van der Waals surface area contributed by atoms with E-state index in [1.54, 1.807) is 0 Å². The molecular formula is C7H16NO8P. The Morgan fingerprint density at radius 1 is 1.41 bits per heavy atom. The van der Waals surface area contributed by atoms with Crippen LogP contribution >= 0.6 is 7.82 Å². The van der Waals surface area contributed by atoms with Gasteiger partial charge in [0.15, 0.2) is 0 Å². The summed E-state index contributed by atoms with van der Waals surface area (Å²) < 4.78 is 19.5. The Balaban J connectivity index is 2.52. The van der Waals surface area contributed by atoms with Gasteiger partial charge in [-0.05, 0) is 0 Å². The molecule has 9 nitrogen and oxygen atoms in total. The smallest absolute Gasteiger partial charge is 0.389 e. The van der Waals surface area contributed by atoms with Gasteiger partial charge in [-0.25, -0.2) is 4.57 Å². The van der Waals surface area contributed by atoms with E-state index in [2.05, 4.69) is 4.52 Å². The quantitative estimate of drug-likeness (QED) is 0.291. The molecule has 1 aliphatic rings. The van der Waals surface area contributed by atoms with Gasteiger partial charge in [-0.15, -0.1) is 0 Å². The molecule has 0 aromatic rings. The normalized spacial score (nSPS) is 36.8. The Morgan fingerprint density at radius 3 is 2.53 bits per heavy atom. The number of phosphoric acid groups is 1. The van der Waals surface area contributed by atoms with Crippen LogP contribution in [0.1, 0.15) is 0 Å². The van der Waals surface area contributed by atoms with Crippen LogP contribution in [0.15, 0.2) is 0 Å². The highest BCUT2D eigenvalue weighted by Crippen LogP contribution is 2.36. The largest absolute Gasteiger partial charge is 0.469 e. The van der Waals surface area contributed by atoms with Crippen LogP contribution in [0.3, 0.4) is 0 Å². The molecule has 0 saturated carbocycles. The van der Waals surface area contributed by atoms with Crippen molar-refractivity contribution < 1.29 is 38.9 Å². The average Bonchev–Trinajstić information content (AvgIpc) is 2.22. The highest BCUT2D eigenvalue weighted by atomic mass is 31.2. The Kier molecular flexibility index (Phi) is 5.02. The minimum Gasteiger partial charge on any atom is -0.389 e. The summed E-state index contributed by atoms with van der Waals surface area (Å²) in [4.78, 5) is 16.9. The van der Waals surface area contributed by atoms with Crippen molar-refractivity contribution in [3.63, 3.8) is 0 Å². The molecule has 0 aromatic heterocycles. The second kappa shape index (κ2) is 5.70. The first-order chi connectivity index (χ1) is 7.72. The van der Waals surface area contributed by atoms with Crippen LogP contribution in [0.25, 0.3) is 0 Å². The molecule has 1 fully saturated rings. The summed E-state index contributed by atoms with van der Waals surface area (Å²) in [6.07, 6.45) is -5.43. The number of ether oxygens (including phenoxy) is 1. The number of rotatable bonds is 4.